The van der Waals surface area contributed by atoms with E-state index in [1.54, 1.807) is 11.9 Å². The molecule has 1 aliphatic rings. The average molecular weight is 345 g/mol. The first-order valence-electron chi connectivity index (χ1n) is 8.75. The Morgan fingerprint density at radius 1 is 1.20 bits per heavy atom. The zero-order valence-corrected chi connectivity index (χ0v) is 15.1. The second-order valence-electron chi connectivity index (χ2n) is 8.01. The SMILES string of the molecule is CN1CC(C(=O)CC(C)(C)c2cccc3ccccc23)CC(F)(F)C1. The number of rotatable bonds is 4. The van der Waals surface area contributed by atoms with E-state index in [-0.39, 0.29) is 25.2 Å². The van der Waals surface area contributed by atoms with Crippen molar-refractivity contribution in [2.24, 2.45) is 5.92 Å². The van der Waals surface area contributed by atoms with E-state index < -0.39 is 17.3 Å². The first kappa shape index (κ1) is 18.0. The number of carbonyl (C=O) groups is 1. The average Bonchev–Trinajstić information content (AvgIpc) is 2.52. The number of hydrogen-bond acceptors (Lipinski definition) is 2. The number of fused-ring (bicyclic) bond motifs is 1. The summed E-state index contributed by atoms with van der Waals surface area (Å²) in [5, 5.41) is 2.25. The van der Waals surface area contributed by atoms with Crippen molar-refractivity contribution in [1.82, 2.24) is 4.90 Å². The molecule has 1 heterocycles. The van der Waals surface area contributed by atoms with Crippen LogP contribution in [0.15, 0.2) is 42.5 Å². The number of carbonyl (C=O) groups excluding carboxylic acids is 1. The maximum absolute atomic E-state index is 13.8. The molecule has 0 spiro atoms. The molecule has 0 N–H and O–H groups in total. The molecule has 4 heteroatoms. The summed E-state index contributed by atoms with van der Waals surface area (Å²) in [7, 11) is 1.66. The fourth-order valence-electron chi connectivity index (χ4n) is 4.03. The van der Waals surface area contributed by atoms with E-state index in [0.29, 0.717) is 6.54 Å². The van der Waals surface area contributed by atoms with Crippen LogP contribution < -0.4 is 0 Å². The monoisotopic (exact) mass is 345 g/mol. The molecule has 1 fully saturated rings. The van der Waals surface area contributed by atoms with Gasteiger partial charge < -0.3 is 0 Å². The standard InChI is InChI=1S/C21H25F2NO/c1-20(2,18-10-6-8-15-7-4-5-9-17(15)18)12-19(25)16-11-21(22,23)14-24(3)13-16/h4-10,16H,11-14H2,1-3H3. The molecule has 0 aromatic heterocycles. The first-order chi connectivity index (χ1) is 11.7. The fourth-order valence-corrected chi connectivity index (χ4v) is 4.03. The van der Waals surface area contributed by atoms with Gasteiger partial charge in [-0.15, -0.1) is 0 Å². The fraction of sp³-hybridized carbons (Fsp3) is 0.476. The highest BCUT2D eigenvalue weighted by Gasteiger charge is 2.42. The molecule has 1 unspecified atom stereocenters. The van der Waals surface area contributed by atoms with Crippen LogP contribution in [0.5, 0.6) is 0 Å². The van der Waals surface area contributed by atoms with Crippen LogP contribution in [0.3, 0.4) is 0 Å². The van der Waals surface area contributed by atoms with Gasteiger partial charge in [0.1, 0.15) is 5.78 Å². The van der Waals surface area contributed by atoms with Crippen molar-refractivity contribution < 1.29 is 13.6 Å². The second kappa shape index (κ2) is 6.49. The Kier molecular flexibility index (Phi) is 4.67. The number of hydrogen-bond donors (Lipinski definition) is 0. The number of halogens is 2. The van der Waals surface area contributed by atoms with Crippen molar-refractivity contribution in [3.05, 3.63) is 48.0 Å². The van der Waals surface area contributed by atoms with Gasteiger partial charge in [-0.25, -0.2) is 8.78 Å². The molecule has 0 aliphatic carbocycles. The molecule has 1 saturated heterocycles. The molecule has 2 aromatic rings. The number of nitrogens with zero attached hydrogens (tertiary/aromatic N) is 1. The highest BCUT2D eigenvalue weighted by molar-refractivity contribution is 5.88. The van der Waals surface area contributed by atoms with E-state index in [2.05, 4.69) is 6.07 Å². The van der Waals surface area contributed by atoms with E-state index in [4.69, 9.17) is 0 Å². The molecule has 25 heavy (non-hydrogen) atoms. The van der Waals surface area contributed by atoms with Gasteiger partial charge in [0.25, 0.3) is 5.92 Å². The van der Waals surface area contributed by atoms with Crippen LogP contribution in [0.25, 0.3) is 10.8 Å². The van der Waals surface area contributed by atoms with E-state index in [1.165, 1.54) is 0 Å². The van der Waals surface area contributed by atoms with Gasteiger partial charge in [0.2, 0.25) is 0 Å². The maximum atomic E-state index is 13.8. The summed E-state index contributed by atoms with van der Waals surface area (Å²) in [6, 6.07) is 14.2. The van der Waals surface area contributed by atoms with Crippen molar-refractivity contribution in [1.29, 1.82) is 0 Å². The Labute approximate surface area is 147 Å². The third kappa shape index (κ3) is 3.90. The molecule has 1 atom stereocenters. The third-order valence-corrected chi connectivity index (χ3v) is 5.17. The Balaban J connectivity index is 1.84. The van der Waals surface area contributed by atoms with Crippen LogP contribution in [0.1, 0.15) is 32.3 Å². The van der Waals surface area contributed by atoms with Gasteiger partial charge in [0.05, 0.1) is 6.54 Å². The molecular weight excluding hydrogens is 320 g/mol. The van der Waals surface area contributed by atoms with E-state index >= 15 is 0 Å². The second-order valence-corrected chi connectivity index (χ2v) is 8.01. The van der Waals surface area contributed by atoms with Crippen LogP contribution in [0.2, 0.25) is 0 Å². The molecule has 0 saturated carbocycles. The Bertz CT molecular complexity index is 779. The van der Waals surface area contributed by atoms with Crippen molar-refractivity contribution in [3.8, 4) is 0 Å². The molecular formula is C21H25F2NO. The van der Waals surface area contributed by atoms with Gasteiger partial charge in [-0.1, -0.05) is 56.3 Å². The largest absolute Gasteiger partial charge is 0.300 e. The molecule has 0 radical (unpaired) electrons. The summed E-state index contributed by atoms with van der Waals surface area (Å²) in [6.07, 6.45) is -0.0581. The van der Waals surface area contributed by atoms with Crippen LogP contribution in [-0.2, 0) is 10.2 Å². The van der Waals surface area contributed by atoms with Crippen molar-refractivity contribution in [2.75, 3.05) is 20.1 Å². The van der Waals surface area contributed by atoms with Gasteiger partial charge in [0.15, 0.2) is 0 Å². The minimum Gasteiger partial charge on any atom is -0.300 e. The molecule has 1 aliphatic heterocycles. The first-order valence-corrected chi connectivity index (χ1v) is 8.75. The molecule has 2 nitrogen and oxygen atoms in total. The van der Waals surface area contributed by atoms with Gasteiger partial charge >= 0.3 is 0 Å². The molecule has 0 bridgehead atoms. The summed E-state index contributed by atoms with van der Waals surface area (Å²) < 4.78 is 27.7. The quantitative estimate of drug-likeness (QED) is 0.803. The molecule has 0 amide bonds. The van der Waals surface area contributed by atoms with Crippen LogP contribution >= 0.6 is 0 Å². The summed E-state index contributed by atoms with van der Waals surface area (Å²) in [5.41, 5.74) is 0.693. The number of ketones is 1. The number of piperidine rings is 1. The minimum absolute atomic E-state index is 0.0656. The number of likely N-dealkylation sites (tertiary alicyclic amines) is 1. The topological polar surface area (TPSA) is 20.3 Å². The van der Waals surface area contributed by atoms with Crippen LogP contribution in [0.4, 0.5) is 8.78 Å². The lowest BCUT2D eigenvalue weighted by Crippen LogP contribution is -2.47. The summed E-state index contributed by atoms with van der Waals surface area (Å²) in [4.78, 5) is 14.4. The lowest BCUT2D eigenvalue weighted by atomic mass is 9.75. The van der Waals surface area contributed by atoms with E-state index in [9.17, 15) is 13.6 Å². The van der Waals surface area contributed by atoms with Crippen molar-refractivity contribution in [2.45, 2.75) is 38.0 Å². The Hall–Kier alpha value is -1.81. The smallest absolute Gasteiger partial charge is 0.261 e. The van der Waals surface area contributed by atoms with Crippen LogP contribution in [0, 0.1) is 5.92 Å². The van der Waals surface area contributed by atoms with Gasteiger partial charge in [-0.05, 0) is 28.8 Å². The minimum atomic E-state index is -2.78. The van der Waals surface area contributed by atoms with E-state index in [1.807, 2.05) is 50.2 Å². The summed E-state index contributed by atoms with van der Waals surface area (Å²) in [6.45, 7) is 4.21. The molecule has 134 valence electrons. The number of benzene rings is 2. The lowest BCUT2D eigenvalue weighted by Gasteiger charge is -2.36. The van der Waals surface area contributed by atoms with Crippen molar-refractivity contribution in [3.63, 3.8) is 0 Å². The third-order valence-electron chi connectivity index (χ3n) is 5.17. The zero-order chi connectivity index (χ0) is 18.2. The molecule has 2 aromatic carbocycles. The maximum Gasteiger partial charge on any atom is 0.261 e. The lowest BCUT2D eigenvalue weighted by molar-refractivity contribution is -0.134. The van der Waals surface area contributed by atoms with Gasteiger partial charge in [-0.2, -0.15) is 0 Å². The van der Waals surface area contributed by atoms with Gasteiger partial charge in [0, 0.05) is 25.3 Å². The van der Waals surface area contributed by atoms with E-state index in [0.717, 1.165) is 16.3 Å². The number of alkyl halides is 2. The zero-order valence-electron chi connectivity index (χ0n) is 15.1. The van der Waals surface area contributed by atoms with Gasteiger partial charge in [-0.3, -0.25) is 9.69 Å². The summed E-state index contributed by atoms with van der Waals surface area (Å²) >= 11 is 0. The molecule has 3 rings (SSSR count). The normalized spacial score (nSPS) is 21.4. The summed E-state index contributed by atoms with van der Waals surface area (Å²) in [5.74, 6) is -3.44. The highest BCUT2D eigenvalue weighted by Crippen LogP contribution is 2.36. The predicted molar refractivity (Wildman–Crippen MR) is 97.1 cm³/mol. The van der Waals surface area contributed by atoms with Crippen molar-refractivity contribution >= 4 is 16.6 Å². The number of Topliss-reactive ketones (excluding diaryl/α,β-unsaturated/α-hetero) is 1. The highest BCUT2D eigenvalue weighted by atomic mass is 19.3. The predicted octanol–water partition coefficient (Wildman–Crippen LogP) is 4.66. The Morgan fingerprint density at radius 2 is 1.88 bits per heavy atom. The Morgan fingerprint density at radius 3 is 2.60 bits per heavy atom. The van der Waals surface area contributed by atoms with Crippen LogP contribution in [-0.4, -0.2) is 36.7 Å².